The predicted octanol–water partition coefficient (Wildman–Crippen LogP) is 2.69. The molecule has 0 fully saturated rings. The van der Waals surface area contributed by atoms with Gasteiger partial charge in [-0.05, 0) is 42.9 Å². The maximum atomic E-state index is 12.6. The second-order valence-corrected chi connectivity index (χ2v) is 8.14. The molecular weight excluding hydrogens is 418 g/mol. The number of para-hydroxylation sites is 1. The normalized spacial score (nSPS) is 12.6. The molecule has 6 nitrogen and oxygen atoms in total. The standard InChI is InChI=1S/C19H12ClN3O3S2/c1-9-6-7-10(12(20)8-9)16(24)22-23-18(26)15(28-19(23)27)14-11-4-2-3-5-13(11)21-17(14)25/h2-8,26H,1H3,(H,22,24). The van der Waals surface area contributed by atoms with Gasteiger partial charge in [0.15, 0.2) is 3.95 Å². The molecule has 0 saturated carbocycles. The average Bonchev–Trinajstić information content (AvgIpc) is 3.11. The number of aromatic hydroxyl groups is 1. The van der Waals surface area contributed by atoms with Crippen LogP contribution in [-0.2, 0) is 4.79 Å². The molecule has 4 rings (SSSR count). The summed E-state index contributed by atoms with van der Waals surface area (Å²) in [7, 11) is 0. The van der Waals surface area contributed by atoms with Crippen molar-refractivity contribution < 1.29 is 14.7 Å². The maximum absolute atomic E-state index is 12.6. The van der Waals surface area contributed by atoms with E-state index in [4.69, 9.17) is 23.8 Å². The van der Waals surface area contributed by atoms with E-state index in [0.717, 1.165) is 21.6 Å². The Labute approximate surface area is 173 Å². The number of hydrogen-bond acceptors (Lipinski definition) is 5. The van der Waals surface area contributed by atoms with Crippen molar-refractivity contribution in [3.05, 3.63) is 78.0 Å². The molecule has 9 heteroatoms. The van der Waals surface area contributed by atoms with Gasteiger partial charge in [0.05, 0.1) is 21.5 Å². The van der Waals surface area contributed by atoms with Crippen molar-refractivity contribution in [2.75, 3.05) is 5.43 Å². The van der Waals surface area contributed by atoms with Crippen molar-refractivity contribution in [1.82, 2.24) is 4.68 Å². The van der Waals surface area contributed by atoms with E-state index in [0.29, 0.717) is 10.6 Å². The summed E-state index contributed by atoms with van der Waals surface area (Å²) in [4.78, 5) is 29.2. The fourth-order valence-electron chi connectivity index (χ4n) is 2.88. The van der Waals surface area contributed by atoms with Crippen LogP contribution in [0.15, 0.2) is 47.5 Å². The topological polar surface area (TPSA) is 83.7 Å². The number of aromatic nitrogens is 1. The van der Waals surface area contributed by atoms with Crippen LogP contribution in [-0.4, -0.2) is 21.6 Å². The Hall–Kier alpha value is -2.81. The number of aryl methyl sites for hydroxylation is 1. The van der Waals surface area contributed by atoms with Gasteiger partial charge in [-0.3, -0.25) is 15.0 Å². The van der Waals surface area contributed by atoms with E-state index in [1.54, 1.807) is 42.5 Å². The summed E-state index contributed by atoms with van der Waals surface area (Å²) in [6, 6.07) is 12.0. The molecular formula is C19H12ClN3O3S2. The number of amides is 2. The van der Waals surface area contributed by atoms with Gasteiger partial charge in [-0.25, -0.2) is 4.99 Å². The monoisotopic (exact) mass is 429 g/mol. The van der Waals surface area contributed by atoms with Crippen molar-refractivity contribution in [1.29, 1.82) is 0 Å². The number of rotatable bonds is 3. The van der Waals surface area contributed by atoms with Crippen LogP contribution in [0.25, 0.3) is 5.57 Å². The molecule has 0 aliphatic carbocycles. The number of nitrogens with zero attached hydrogens (tertiary/aromatic N) is 2. The number of thiazole rings is 1. The minimum Gasteiger partial charge on any atom is -0.492 e. The van der Waals surface area contributed by atoms with Gasteiger partial charge in [-0.1, -0.05) is 47.2 Å². The first-order valence-corrected chi connectivity index (χ1v) is 9.72. The van der Waals surface area contributed by atoms with Crippen LogP contribution in [0, 0.1) is 10.9 Å². The zero-order valence-corrected chi connectivity index (χ0v) is 16.8. The van der Waals surface area contributed by atoms with Crippen LogP contribution in [0.1, 0.15) is 20.8 Å². The first kappa shape index (κ1) is 18.5. The number of carbonyl (C=O) groups is 2. The first-order valence-electron chi connectivity index (χ1n) is 8.12. The molecule has 140 valence electrons. The van der Waals surface area contributed by atoms with E-state index in [1.807, 2.05) is 6.92 Å². The lowest BCUT2D eigenvalue weighted by Crippen LogP contribution is -2.23. The van der Waals surface area contributed by atoms with Crippen LogP contribution in [0.2, 0.25) is 5.02 Å². The quantitative estimate of drug-likeness (QED) is 0.627. The highest BCUT2D eigenvalue weighted by atomic mass is 35.5. The lowest BCUT2D eigenvalue weighted by Gasteiger charge is -2.09. The van der Waals surface area contributed by atoms with E-state index in [1.165, 1.54) is 0 Å². The second-order valence-electron chi connectivity index (χ2n) is 6.09. The molecule has 2 heterocycles. The van der Waals surface area contributed by atoms with Crippen molar-refractivity contribution in [2.45, 2.75) is 6.92 Å². The number of benzene rings is 2. The Balaban J connectivity index is 1.78. The zero-order chi connectivity index (χ0) is 20.0. The molecule has 3 aromatic rings. The van der Waals surface area contributed by atoms with Crippen LogP contribution >= 0.6 is 35.2 Å². The largest absolute Gasteiger partial charge is 0.492 e. The van der Waals surface area contributed by atoms with Gasteiger partial charge in [-0.15, -0.1) is 0 Å². The van der Waals surface area contributed by atoms with Gasteiger partial charge in [-0.2, -0.15) is 4.68 Å². The fourth-order valence-corrected chi connectivity index (χ4v) is 4.46. The van der Waals surface area contributed by atoms with Crippen molar-refractivity contribution >= 4 is 52.5 Å². The fraction of sp³-hybridized carbons (Fsp3) is 0.0526. The molecule has 0 unspecified atom stereocenters. The average molecular weight is 430 g/mol. The highest BCUT2D eigenvalue weighted by Gasteiger charge is 2.26. The van der Waals surface area contributed by atoms with Gasteiger partial charge in [0, 0.05) is 5.22 Å². The van der Waals surface area contributed by atoms with Crippen LogP contribution in [0.3, 0.4) is 0 Å². The van der Waals surface area contributed by atoms with E-state index in [9.17, 15) is 14.7 Å². The lowest BCUT2D eigenvalue weighted by atomic mass is 10.1. The predicted molar refractivity (Wildman–Crippen MR) is 109 cm³/mol. The number of fused-ring (bicyclic) bond motifs is 1. The summed E-state index contributed by atoms with van der Waals surface area (Å²) in [5.41, 5.74) is 3.94. The Morgan fingerprint density at radius 3 is 2.79 bits per heavy atom. The molecule has 28 heavy (non-hydrogen) atoms. The first-order chi connectivity index (χ1) is 13.4. The molecule has 2 N–H and O–H groups in total. The summed E-state index contributed by atoms with van der Waals surface area (Å²) >= 11 is 12.4. The lowest BCUT2D eigenvalue weighted by molar-refractivity contribution is -0.112. The number of halogens is 1. The third-order valence-corrected chi connectivity index (χ3v) is 5.90. The van der Waals surface area contributed by atoms with Crippen molar-refractivity contribution in [3.8, 4) is 5.88 Å². The van der Waals surface area contributed by atoms with E-state index in [-0.39, 0.29) is 30.9 Å². The second kappa shape index (κ2) is 6.97. The van der Waals surface area contributed by atoms with E-state index < -0.39 is 11.8 Å². The minimum atomic E-state index is -0.534. The molecule has 1 aromatic heterocycles. The number of carbonyl (C=O) groups excluding carboxylic acids is 2. The van der Waals surface area contributed by atoms with Crippen molar-refractivity contribution in [3.63, 3.8) is 0 Å². The Kier molecular flexibility index (Phi) is 4.62. The molecule has 1 aliphatic rings. The molecule has 0 saturated heterocycles. The summed E-state index contributed by atoms with van der Waals surface area (Å²) < 4.78 is 1.24. The number of nitrogens with one attached hydrogen (secondary N) is 1. The molecule has 0 spiro atoms. The Morgan fingerprint density at radius 2 is 2.04 bits per heavy atom. The van der Waals surface area contributed by atoms with Crippen LogP contribution < -0.4 is 16.0 Å². The highest BCUT2D eigenvalue weighted by Crippen LogP contribution is 2.32. The smallest absolute Gasteiger partial charge is 0.279 e. The number of hydrogen-bond donors (Lipinski definition) is 2. The van der Waals surface area contributed by atoms with E-state index >= 15 is 0 Å². The molecule has 2 aromatic carbocycles. The third kappa shape index (κ3) is 3.05. The van der Waals surface area contributed by atoms with Gasteiger partial charge >= 0.3 is 0 Å². The van der Waals surface area contributed by atoms with Gasteiger partial charge in [0.2, 0.25) is 5.88 Å². The zero-order valence-electron chi connectivity index (χ0n) is 14.4. The summed E-state index contributed by atoms with van der Waals surface area (Å²) in [6.45, 7) is 1.86. The SMILES string of the molecule is Cc1ccc(C(=O)Nn2c(O)c(C3=c4ccccc4=NC3=O)sc2=S)c(Cl)c1. The summed E-state index contributed by atoms with van der Waals surface area (Å²) in [6.07, 6.45) is 0. The minimum absolute atomic E-state index is 0.175. The summed E-state index contributed by atoms with van der Waals surface area (Å²) in [5.74, 6) is -1.33. The molecule has 0 atom stereocenters. The van der Waals surface area contributed by atoms with Crippen LogP contribution in [0.4, 0.5) is 0 Å². The molecule has 1 aliphatic heterocycles. The molecule has 2 amide bonds. The highest BCUT2D eigenvalue weighted by molar-refractivity contribution is 7.73. The molecule has 0 radical (unpaired) electrons. The summed E-state index contributed by atoms with van der Waals surface area (Å²) in [5, 5.41) is 12.1. The van der Waals surface area contributed by atoms with Gasteiger partial charge < -0.3 is 5.11 Å². The third-order valence-electron chi connectivity index (χ3n) is 4.21. The van der Waals surface area contributed by atoms with Crippen LogP contribution in [0.5, 0.6) is 5.88 Å². The Bertz CT molecular complexity index is 1340. The maximum Gasteiger partial charge on any atom is 0.279 e. The van der Waals surface area contributed by atoms with Crippen molar-refractivity contribution in [2.24, 2.45) is 4.99 Å². The molecule has 0 bridgehead atoms. The van der Waals surface area contributed by atoms with E-state index in [2.05, 4.69) is 10.4 Å². The Morgan fingerprint density at radius 1 is 1.29 bits per heavy atom. The van der Waals surface area contributed by atoms with Gasteiger partial charge in [0.25, 0.3) is 11.8 Å². The van der Waals surface area contributed by atoms with Gasteiger partial charge in [0.1, 0.15) is 4.88 Å².